The normalized spacial score (nSPS) is 11.8. The lowest BCUT2D eigenvalue weighted by Crippen LogP contribution is -2.24. The van der Waals surface area contributed by atoms with Gasteiger partial charge >= 0.3 is 5.69 Å². The van der Waals surface area contributed by atoms with Crippen molar-refractivity contribution in [3.63, 3.8) is 0 Å². The molecule has 3 aromatic carbocycles. The summed E-state index contributed by atoms with van der Waals surface area (Å²) in [7, 11) is 3.69. The van der Waals surface area contributed by atoms with E-state index in [1.54, 1.807) is 36.4 Å². The van der Waals surface area contributed by atoms with Gasteiger partial charge in [-0.15, -0.1) is 10.2 Å². The molecular weight excluding hydrogens is 531 g/mol. The van der Waals surface area contributed by atoms with Crippen molar-refractivity contribution in [3.05, 3.63) is 104 Å². The number of alkyl halides is 2. The molecule has 5 aromatic rings. The van der Waals surface area contributed by atoms with E-state index < -0.39 is 11.6 Å². The van der Waals surface area contributed by atoms with E-state index in [2.05, 4.69) is 10.2 Å². The van der Waals surface area contributed by atoms with Crippen molar-refractivity contribution >= 4 is 34.7 Å². The number of halogens is 4. The van der Waals surface area contributed by atoms with Crippen LogP contribution in [0.1, 0.15) is 18.1 Å². The van der Waals surface area contributed by atoms with Gasteiger partial charge in [-0.3, -0.25) is 0 Å². The number of aromatic nitrogens is 4. The molecule has 0 unspecified atom stereocenters. The van der Waals surface area contributed by atoms with Gasteiger partial charge in [0.15, 0.2) is 11.5 Å². The molecule has 2 aromatic heterocycles. The molecule has 0 amide bonds. The van der Waals surface area contributed by atoms with Crippen molar-refractivity contribution in [2.75, 3.05) is 19.0 Å². The highest BCUT2D eigenvalue weighted by Gasteiger charge is 2.25. The van der Waals surface area contributed by atoms with E-state index in [0.29, 0.717) is 32.6 Å². The van der Waals surface area contributed by atoms with Crippen molar-refractivity contribution in [1.29, 1.82) is 0 Å². The number of hydrogen-bond acceptors (Lipinski definition) is 4. The van der Waals surface area contributed by atoms with Crippen LogP contribution >= 0.6 is 23.2 Å². The third-order valence-corrected chi connectivity index (χ3v) is 6.70. The first kappa shape index (κ1) is 25.9. The number of rotatable bonds is 6. The predicted octanol–water partition coefficient (Wildman–Crippen LogP) is 6.76. The minimum atomic E-state index is -2.95. The Balaban J connectivity index is 1.75. The van der Waals surface area contributed by atoms with E-state index >= 15 is 0 Å². The Kier molecular flexibility index (Phi) is 6.71. The fourth-order valence-corrected chi connectivity index (χ4v) is 4.54. The molecule has 0 saturated heterocycles. The SMILES string of the molecule is CN(C)c1nn2c(=O)n(Cc3ccc(C(C)(F)F)cc3)nc2c(-c2ccc(Cl)cc2)c1-c1ccc(Cl)cc1. The molecule has 0 aliphatic heterocycles. The van der Waals surface area contributed by atoms with E-state index in [4.69, 9.17) is 23.2 Å². The molecule has 6 nitrogen and oxygen atoms in total. The molecule has 194 valence electrons. The quantitative estimate of drug-likeness (QED) is 0.233. The van der Waals surface area contributed by atoms with Gasteiger partial charge in [0.1, 0.15) is 0 Å². The van der Waals surface area contributed by atoms with Crippen molar-refractivity contribution < 1.29 is 8.78 Å². The number of anilines is 1. The summed E-state index contributed by atoms with van der Waals surface area (Å²) in [6, 6.07) is 20.5. The van der Waals surface area contributed by atoms with E-state index in [-0.39, 0.29) is 12.1 Å². The first-order valence-electron chi connectivity index (χ1n) is 11.7. The highest BCUT2D eigenvalue weighted by Crippen LogP contribution is 2.40. The zero-order chi connectivity index (χ0) is 27.2. The Labute approximate surface area is 227 Å². The fourth-order valence-electron chi connectivity index (χ4n) is 4.29. The monoisotopic (exact) mass is 553 g/mol. The summed E-state index contributed by atoms with van der Waals surface area (Å²) in [4.78, 5) is 15.3. The summed E-state index contributed by atoms with van der Waals surface area (Å²) < 4.78 is 29.9. The number of hydrogen-bond donors (Lipinski definition) is 0. The smallest absolute Gasteiger partial charge is 0.361 e. The molecule has 0 N–H and O–H groups in total. The Bertz CT molecular complexity index is 1670. The van der Waals surface area contributed by atoms with Gasteiger partial charge in [-0.05, 0) is 41.0 Å². The molecule has 0 bridgehead atoms. The van der Waals surface area contributed by atoms with E-state index in [0.717, 1.165) is 23.6 Å². The van der Waals surface area contributed by atoms with Gasteiger partial charge in [0.05, 0.1) is 6.54 Å². The van der Waals surface area contributed by atoms with Crippen LogP contribution in [-0.2, 0) is 12.5 Å². The van der Waals surface area contributed by atoms with E-state index in [9.17, 15) is 13.6 Å². The van der Waals surface area contributed by atoms with Gasteiger partial charge in [-0.2, -0.15) is 4.52 Å². The number of nitrogens with zero attached hydrogens (tertiary/aromatic N) is 5. The topological polar surface area (TPSA) is 55.4 Å². The molecular formula is C28H23Cl2F2N5O. The van der Waals surface area contributed by atoms with Gasteiger partial charge in [0.25, 0.3) is 5.92 Å². The maximum absolute atomic E-state index is 13.7. The predicted molar refractivity (Wildman–Crippen MR) is 148 cm³/mol. The van der Waals surface area contributed by atoms with Crippen molar-refractivity contribution in [2.45, 2.75) is 19.4 Å². The highest BCUT2D eigenvalue weighted by atomic mass is 35.5. The summed E-state index contributed by atoms with van der Waals surface area (Å²) in [6.07, 6.45) is 0. The summed E-state index contributed by atoms with van der Waals surface area (Å²) in [6.45, 7) is 0.935. The molecule has 0 fully saturated rings. The molecule has 0 saturated carbocycles. The lowest BCUT2D eigenvalue weighted by Gasteiger charge is -2.20. The summed E-state index contributed by atoms with van der Waals surface area (Å²) >= 11 is 12.3. The van der Waals surface area contributed by atoms with Crippen LogP contribution in [0.3, 0.4) is 0 Å². The van der Waals surface area contributed by atoms with Gasteiger partial charge in [-0.25, -0.2) is 18.3 Å². The summed E-state index contributed by atoms with van der Waals surface area (Å²) in [5.74, 6) is -2.39. The lowest BCUT2D eigenvalue weighted by atomic mass is 9.95. The second-order valence-electron chi connectivity index (χ2n) is 9.24. The van der Waals surface area contributed by atoms with E-state index in [1.807, 2.05) is 43.3 Å². The Morgan fingerprint density at radius 3 is 1.84 bits per heavy atom. The fraction of sp³-hybridized carbons (Fsp3) is 0.179. The van der Waals surface area contributed by atoms with Crippen LogP contribution in [0.2, 0.25) is 10.0 Å². The Hall–Kier alpha value is -3.75. The molecule has 0 spiro atoms. The minimum Gasteiger partial charge on any atom is -0.361 e. The summed E-state index contributed by atoms with van der Waals surface area (Å²) in [5.41, 5.74) is 3.56. The van der Waals surface area contributed by atoms with Gasteiger partial charge < -0.3 is 4.90 Å². The van der Waals surface area contributed by atoms with Crippen molar-refractivity contribution in [2.24, 2.45) is 0 Å². The van der Waals surface area contributed by atoms with Crippen LogP contribution in [0.25, 0.3) is 27.9 Å². The molecule has 0 radical (unpaired) electrons. The van der Waals surface area contributed by atoms with Crippen LogP contribution in [0.15, 0.2) is 77.6 Å². The maximum atomic E-state index is 13.7. The molecule has 5 rings (SSSR count). The van der Waals surface area contributed by atoms with Gasteiger partial charge in [0, 0.05) is 47.8 Å². The average molecular weight is 554 g/mol. The van der Waals surface area contributed by atoms with Gasteiger partial charge in [0.2, 0.25) is 0 Å². The minimum absolute atomic E-state index is 0.0887. The Morgan fingerprint density at radius 2 is 1.34 bits per heavy atom. The largest absolute Gasteiger partial charge is 0.367 e. The van der Waals surface area contributed by atoms with Crippen LogP contribution in [0.5, 0.6) is 0 Å². The molecule has 2 heterocycles. The van der Waals surface area contributed by atoms with Gasteiger partial charge in [-0.1, -0.05) is 71.7 Å². The molecule has 0 aliphatic carbocycles. The number of fused-ring (bicyclic) bond motifs is 1. The lowest BCUT2D eigenvalue weighted by molar-refractivity contribution is 0.0174. The molecule has 10 heteroatoms. The van der Waals surface area contributed by atoms with Crippen LogP contribution in [0.4, 0.5) is 14.6 Å². The average Bonchev–Trinajstić information content (AvgIpc) is 3.18. The first-order valence-corrected chi connectivity index (χ1v) is 12.5. The number of benzene rings is 3. The summed E-state index contributed by atoms with van der Waals surface area (Å²) in [5, 5.41) is 10.5. The van der Waals surface area contributed by atoms with Crippen LogP contribution in [-0.4, -0.2) is 33.5 Å². The first-order chi connectivity index (χ1) is 18.0. The van der Waals surface area contributed by atoms with Crippen molar-refractivity contribution in [1.82, 2.24) is 19.4 Å². The second-order valence-corrected chi connectivity index (χ2v) is 10.1. The Morgan fingerprint density at radius 1 is 0.816 bits per heavy atom. The second kappa shape index (κ2) is 9.85. The molecule has 38 heavy (non-hydrogen) atoms. The van der Waals surface area contributed by atoms with Crippen molar-refractivity contribution in [3.8, 4) is 22.3 Å². The standard InChI is InChI=1S/C28H23Cl2F2N5O/c1-28(31,32)20-10-4-17(5-11-20)16-36-27(38)37-26(33-36)24(19-8-14-22(30)15-9-19)23(25(34-37)35(2)3)18-6-12-21(29)13-7-18/h4-15H,16H2,1-3H3. The van der Waals surface area contributed by atoms with Crippen LogP contribution in [0, 0.1) is 0 Å². The maximum Gasteiger partial charge on any atom is 0.367 e. The zero-order valence-electron chi connectivity index (χ0n) is 20.8. The van der Waals surface area contributed by atoms with E-state index in [1.165, 1.54) is 21.3 Å². The third kappa shape index (κ3) is 4.89. The van der Waals surface area contributed by atoms with Crippen LogP contribution < -0.4 is 10.6 Å². The zero-order valence-corrected chi connectivity index (χ0v) is 22.3. The highest BCUT2D eigenvalue weighted by molar-refractivity contribution is 6.31. The molecule has 0 aliphatic rings. The third-order valence-electron chi connectivity index (χ3n) is 6.19. The molecule has 0 atom stereocenters.